The minimum absolute atomic E-state index is 0.0919. The van der Waals surface area contributed by atoms with Crippen molar-refractivity contribution in [1.82, 2.24) is 0 Å². The van der Waals surface area contributed by atoms with Crippen LogP contribution in [0.25, 0.3) is 10.8 Å². The molecular weight excluding hydrogens is 263 g/mol. The number of carboxylic acid groups (broad SMARTS) is 1. The smallest absolute Gasteiger partial charge is 0.360 e. The maximum atomic E-state index is 14.7. The second-order valence-corrected chi connectivity index (χ2v) is 4.25. The number of carboxylic acids is 1. The van der Waals surface area contributed by atoms with Crippen LogP contribution in [0.3, 0.4) is 0 Å². The summed E-state index contributed by atoms with van der Waals surface area (Å²) >= 11 is 0. The summed E-state index contributed by atoms with van der Waals surface area (Å²) < 4.78 is 19.2. The van der Waals surface area contributed by atoms with E-state index >= 15 is 0 Å². The van der Waals surface area contributed by atoms with Crippen molar-refractivity contribution < 1.29 is 23.8 Å². The van der Waals surface area contributed by atoms with E-state index in [1.165, 1.54) is 19.1 Å². The summed E-state index contributed by atoms with van der Waals surface area (Å²) in [4.78, 5) is 22.9. The molecule has 0 spiro atoms. The number of esters is 1. The molecule has 2 aromatic rings. The number of hydrogen-bond acceptors (Lipinski definition) is 3. The summed E-state index contributed by atoms with van der Waals surface area (Å²) in [6, 6.07) is 11.3. The second kappa shape index (κ2) is 5.28. The Bertz CT molecular complexity index is 668. The number of benzene rings is 2. The van der Waals surface area contributed by atoms with Gasteiger partial charge in [-0.05, 0) is 23.8 Å². The van der Waals surface area contributed by atoms with Crippen LogP contribution in [0.2, 0.25) is 0 Å². The molecule has 1 N–H and O–H groups in total. The van der Waals surface area contributed by atoms with E-state index in [9.17, 15) is 14.0 Å². The highest BCUT2D eigenvalue weighted by molar-refractivity contribution is 6.04. The van der Waals surface area contributed by atoms with Crippen LogP contribution >= 0.6 is 0 Å². The lowest BCUT2D eigenvalue weighted by Crippen LogP contribution is -2.40. The lowest BCUT2D eigenvalue weighted by molar-refractivity contribution is -0.171. The molecule has 4 nitrogen and oxygen atoms in total. The second-order valence-electron chi connectivity index (χ2n) is 4.25. The molecule has 1 atom stereocenters. The van der Waals surface area contributed by atoms with Gasteiger partial charge in [-0.25, -0.2) is 14.0 Å². The largest absolute Gasteiger partial charge is 0.478 e. The van der Waals surface area contributed by atoms with E-state index in [0.29, 0.717) is 5.39 Å². The van der Waals surface area contributed by atoms with E-state index in [2.05, 4.69) is 4.74 Å². The molecule has 2 rings (SSSR count). The molecule has 0 heterocycles. The third kappa shape index (κ3) is 2.22. The van der Waals surface area contributed by atoms with Crippen LogP contribution < -0.4 is 0 Å². The molecule has 0 aliphatic rings. The normalized spacial score (nSPS) is 13.7. The maximum Gasteiger partial charge on any atom is 0.360 e. The average molecular weight is 276 g/mol. The van der Waals surface area contributed by atoms with Gasteiger partial charge in [-0.1, -0.05) is 36.4 Å². The zero-order valence-electron chi connectivity index (χ0n) is 10.8. The summed E-state index contributed by atoms with van der Waals surface area (Å²) in [7, 11) is 0. The molecule has 0 saturated heterocycles. The Labute approximate surface area is 114 Å². The highest BCUT2D eigenvalue weighted by Crippen LogP contribution is 2.30. The van der Waals surface area contributed by atoms with Gasteiger partial charge in [0, 0.05) is 5.56 Å². The first kappa shape index (κ1) is 14.0. The van der Waals surface area contributed by atoms with Crippen LogP contribution in [0.1, 0.15) is 12.5 Å². The lowest BCUT2D eigenvalue weighted by atomic mass is 9.93. The Morgan fingerprint density at radius 3 is 2.45 bits per heavy atom. The molecule has 104 valence electrons. The van der Waals surface area contributed by atoms with Gasteiger partial charge in [0.05, 0.1) is 6.61 Å². The van der Waals surface area contributed by atoms with Gasteiger partial charge in [0.2, 0.25) is 0 Å². The van der Waals surface area contributed by atoms with Gasteiger partial charge < -0.3 is 9.84 Å². The SMILES string of the molecule is CCOC(=O)C(F)(C(=O)O)c1ccc2ccccc2c1. The van der Waals surface area contributed by atoms with E-state index in [0.717, 1.165) is 5.39 Å². The molecule has 5 heteroatoms. The fourth-order valence-electron chi connectivity index (χ4n) is 1.96. The van der Waals surface area contributed by atoms with E-state index in [4.69, 9.17) is 5.11 Å². The van der Waals surface area contributed by atoms with Crippen molar-refractivity contribution >= 4 is 22.7 Å². The molecule has 20 heavy (non-hydrogen) atoms. The minimum atomic E-state index is -3.19. The molecule has 0 aliphatic carbocycles. The number of ether oxygens (including phenoxy) is 1. The Balaban J connectivity index is 2.57. The number of alkyl halides is 1. The number of hydrogen-bond donors (Lipinski definition) is 1. The van der Waals surface area contributed by atoms with Crippen molar-refractivity contribution in [3.05, 3.63) is 48.0 Å². The van der Waals surface area contributed by atoms with Crippen LogP contribution in [-0.4, -0.2) is 23.7 Å². The number of carbonyl (C=O) groups excluding carboxylic acids is 1. The van der Waals surface area contributed by atoms with E-state index < -0.39 is 17.6 Å². The predicted octanol–water partition coefficient (Wildman–Crippen LogP) is 2.65. The predicted molar refractivity (Wildman–Crippen MR) is 71.0 cm³/mol. The summed E-state index contributed by atoms with van der Waals surface area (Å²) in [5.74, 6) is -3.30. The monoisotopic (exact) mass is 276 g/mol. The number of halogens is 1. The Kier molecular flexibility index (Phi) is 3.70. The standard InChI is InChI=1S/C15H13FO4/c1-2-20-14(19)15(16,13(17)18)12-8-7-10-5-3-4-6-11(10)9-12/h3-9H,2H2,1H3,(H,17,18). The van der Waals surface area contributed by atoms with E-state index in [1.807, 2.05) is 12.1 Å². The summed E-state index contributed by atoms with van der Waals surface area (Å²) in [5, 5.41) is 10.6. The van der Waals surface area contributed by atoms with E-state index in [1.54, 1.807) is 18.2 Å². The minimum Gasteiger partial charge on any atom is -0.478 e. The summed E-state index contributed by atoms with van der Waals surface area (Å²) in [6.45, 7) is 1.39. The van der Waals surface area contributed by atoms with Crippen LogP contribution in [0.15, 0.2) is 42.5 Å². The van der Waals surface area contributed by atoms with Gasteiger partial charge in [0.25, 0.3) is 0 Å². The van der Waals surface area contributed by atoms with Crippen molar-refractivity contribution in [2.75, 3.05) is 6.61 Å². The fourth-order valence-corrected chi connectivity index (χ4v) is 1.96. The van der Waals surface area contributed by atoms with Gasteiger partial charge in [-0.3, -0.25) is 0 Å². The number of fused-ring (bicyclic) bond motifs is 1. The van der Waals surface area contributed by atoms with Crippen molar-refractivity contribution in [2.24, 2.45) is 0 Å². The third-order valence-electron chi connectivity index (χ3n) is 3.00. The Morgan fingerprint density at radius 1 is 1.20 bits per heavy atom. The Morgan fingerprint density at radius 2 is 1.85 bits per heavy atom. The molecule has 0 aliphatic heterocycles. The van der Waals surface area contributed by atoms with Crippen molar-refractivity contribution in [3.8, 4) is 0 Å². The number of carbonyl (C=O) groups is 2. The quantitative estimate of drug-likeness (QED) is 0.688. The van der Waals surface area contributed by atoms with Gasteiger partial charge >= 0.3 is 17.6 Å². The lowest BCUT2D eigenvalue weighted by Gasteiger charge is -2.19. The molecule has 2 aromatic carbocycles. The van der Waals surface area contributed by atoms with Crippen molar-refractivity contribution in [3.63, 3.8) is 0 Å². The van der Waals surface area contributed by atoms with Crippen LogP contribution in [-0.2, 0) is 20.0 Å². The van der Waals surface area contributed by atoms with Gasteiger partial charge in [0.1, 0.15) is 0 Å². The first-order valence-electron chi connectivity index (χ1n) is 6.09. The molecule has 0 radical (unpaired) electrons. The Hall–Kier alpha value is -2.43. The average Bonchev–Trinajstić information content (AvgIpc) is 2.45. The molecule has 0 bridgehead atoms. The first-order chi connectivity index (χ1) is 9.50. The zero-order valence-corrected chi connectivity index (χ0v) is 10.8. The molecular formula is C15H13FO4. The first-order valence-corrected chi connectivity index (χ1v) is 6.09. The topological polar surface area (TPSA) is 63.6 Å². The molecule has 0 amide bonds. The zero-order chi connectivity index (χ0) is 14.8. The summed E-state index contributed by atoms with van der Waals surface area (Å²) in [6.07, 6.45) is 0. The summed E-state index contributed by atoms with van der Waals surface area (Å²) in [5.41, 5.74) is -3.44. The van der Waals surface area contributed by atoms with Crippen molar-refractivity contribution in [2.45, 2.75) is 12.6 Å². The fraction of sp³-hybridized carbons (Fsp3) is 0.200. The van der Waals surface area contributed by atoms with Gasteiger partial charge in [-0.15, -0.1) is 0 Å². The van der Waals surface area contributed by atoms with Crippen molar-refractivity contribution in [1.29, 1.82) is 0 Å². The number of aliphatic carboxylic acids is 1. The van der Waals surface area contributed by atoms with Gasteiger partial charge in [-0.2, -0.15) is 0 Å². The number of rotatable bonds is 4. The van der Waals surface area contributed by atoms with Crippen LogP contribution in [0, 0.1) is 0 Å². The molecule has 1 unspecified atom stereocenters. The van der Waals surface area contributed by atoms with Crippen LogP contribution in [0.5, 0.6) is 0 Å². The maximum absolute atomic E-state index is 14.7. The van der Waals surface area contributed by atoms with Crippen LogP contribution in [0.4, 0.5) is 4.39 Å². The molecule has 0 saturated carbocycles. The highest BCUT2D eigenvalue weighted by atomic mass is 19.1. The molecule has 0 fully saturated rings. The molecule has 0 aromatic heterocycles. The third-order valence-corrected chi connectivity index (χ3v) is 3.00. The van der Waals surface area contributed by atoms with E-state index in [-0.39, 0.29) is 12.2 Å². The highest BCUT2D eigenvalue weighted by Gasteiger charge is 2.50. The van der Waals surface area contributed by atoms with Gasteiger partial charge in [0.15, 0.2) is 0 Å².